The summed E-state index contributed by atoms with van der Waals surface area (Å²) in [6.07, 6.45) is 2.17. The van der Waals surface area contributed by atoms with Crippen LogP contribution in [0, 0.1) is 13.8 Å². The first-order chi connectivity index (χ1) is 13.5. The number of carbonyl (C=O) groups is 1. The molecule has 0 bridgehead atoms. The lowest BCUT2D eigenvalue weighted by Crippen LogP contribution is -2.32. The van der Waals surface area contributed by atoms with E-state index in [1.165, 1.54) is 5.56 Å². The molecule has 1 atom stereocenters. The zero-order valence-corrected chi connectivity index (χ0v) is 17.7. The van der Waals surface area contributed by atoms with Crippen molar-refractivity contribution in [2.24, 2.45) is 0 Å². The normalized spacial score (nSPS) is 16.5. The number of ether oxygens (including phenoxy) is 1. The number of aromatic nitrogens is 1. The zero-order chi connectivity index (χ0) is 19.7. The molecule has 1 aliphatic rings. The molecule has 3 aromatic rings. The number of hydrogen-bond donors (Lipinski definition) is 1. The Balaban J connectivity index is 1.77. The van der Waals surface area contributed by atoms with Gasteiger partial charge < -0.3 is 10.1 Å². The van der Waals surface area contributed by atoms with E-state index < -0.39 is 0 Å². The molecule has 1 saturated heterocycles. The van der Waals surface area contributed by atoms with Gasteiger partial charge in [0.25, 0.3) is 5.91 Å². The van der Waals surface area contributed by atoms with Crippen LogP contribution in [0.5, 0.6) is 0 Å². The Hall–Kier alpha value is -2.24. The fraction of sp³-hybridized carbons (Fsp3) is 0.304. The number of halogens is 1. The quantitative estimate of drug-likeness (QED) is 0.609. The van der Waals surface area contributed by atoms with Crippen LogP contribution in [0.15, 0.2) is 46.9 Å². The molecule has 1 fully saturated rings. The third-order valence-electron chi connectivity index (χ3n) is 5.17. The molecule has 4 nitrogen and oxygen atoms in total. The Morgan fingerprint density at radius 1 is 1.21 bits per heavy atom. The maximum atomic E-state index is 13.1. The molecular weight excluding hydrogens is 416 g/mol. The molecule has 1 N–H and O–H groups in total. The molecule has 144 valence electrons. The molecule has 1 unspecified atom stereocenters. The van der Waals surface area contributed by atoms with Crippen molar-refractivity contribution in [3.63, 3.8) is 0 Å². The molecule has 4 rings (SSSR count). The van der Waals surface area contributed by atoms with Gasteiger partial charge in [-0.15, -0.1) is 0 Å². The molecule has 5 heteroatoms. The summed E-state index contributed by atoms with van der Waals surface area (Å²) in [5.74, 6) is -0.0891. The standard InChI is InChI=1S/C23H23BrN2O2/c1-14-5-7-16(8-6-14)21-12-20(23(27)25-13-18-4-3-9-28-18)19-11-17(24)10-15(2)22(19)26-21/h5-8,10-12,18H,3-4,9,13H2,1-2H3,(H,25,27). The van der Waals surface area contributed by atoms with Gasteiger partial charge in [-0.05, 0) is 50.5 Å². The molecule has 1 aliphatic heterocycles. The summed E-state index contributed by atoms with van der Waals surface area (Å²) >= 11 is 3.55. The number of pyridine rings is 1. The van der Waals surface area contributed by atoms with Crippen LogP contribution in [0.1, 0.15) is 34.3 Å². The lowest BCUT2D eigenvalue weighted by molar-refractivity contribution is 0.0859. The van der Waals surface area contributed by atoms with E-state index in [9.17, 15) is 4.79 Å². The summed E-state index contributed by atoms with van der Waals surface area (Å²) in [5, 5.41) is 3.91. The maximum Gasteiger partial charge on any atom is 0.252 e. The van der Waals surface area contributed by atoms with Crippen LogP contribution in [0.4, 0.5) is 0 Å². The molecular formula is C23H23BrN2O2. The largest absolute Gasteiger partial charge is 0.376 e. The van der Waals surface area contributed by atoms with Crippen molar-refractivity contribution < 1.29 is 9.53 Å². The fourth-order valence-electron chi connectivity index (χ4n) is 3.62. The van der Waals surface area contributed by atoms with Crippen LogP contribution in [-0.4, -0.2) is 30.1 Å². The van der Waals surface area contributed by atoms with Gasteiger partial charge in [0.1, 0.15) is 0 Å². The molecule has 1 amide bonds. The van der Waals surface area contributed by atoms with Gasteiger partial charge in [-0.1, -0.05) is 45.8 Å². The minimum atomic E-state index is -0.0891. The lowest BCUT2D eigenvalue weighted by Gasteiger charge is -2.14. The van der Waals surface area contributed by atoms with Gasteiger partial charge in [0.2, 0.25) is 0 Å². The minimum Gasteiger partial charge on any atom is -0.376 e. The monoisotopic (exact) mass is 438 g/mol. The molecule has 2 aromatic carbocycles. The van der Waals surface area contributed by atoms with Crippen LogP contribution in [0.2, 0.25) is 0 Å². The summed E-state index contributed by atoms with van der Waals surface area (Å²) in [6.45, 7) is 5.40. The molecule has 1 aromatic heterocycles. The first-order valence-corrected chi connectivity index (χ1v) is 10.4. The number of rotatable bonds is 4. The summed E-state index contributed by atoms with van der Waals surface area (Å²) in [5.41, 5.74) is 5.53. The van der Waals surface area contributed by atoms with Crippen molar-refractivity contribution in [1.29, 1.82) is 0 Å². The van der Waals surface area contributed by atoms with Crippen LogP contribution >= 0.6 is 15.9 Å². The van der Waals surface area contributed by atoms with Gasteiger partial charge in [0, 0.05) is 28.6 Å². The Labute approximate surface area is 173 Å². The predicted octanol–water partition coefficient (Wildman–Crippen LogP) is 5.19. The molecule has 2 heterocycles. The summed E-state index contributed by atoms with van der Waals surface area (Å²) < 4.78 is 6.57. The number of nitrogens with one attached hydrogen (secondary N) is 1. The van der Waals surface area contributed by atoms with E-state index in [0.29, 0.717) is 12.1 Å². The molecule has 0 radical (unpaired) electrons. The van der Waals surface area contributed by atoms with Gasteiger partial charge >= 0.3 is 0 Å². The topological polar surface area (TPSA) is 51.2 Å². The highest BCUT2D eigenvalue weighted by Crippen LogP contribution is 2.30. The van der Waals surface area contributed by atoms with E-state index in [2.05, 4.69) is 40.3 Å². The first-order valence-electron chi connectivity index (χ1n) is 9.59. The molecule has 28 heavy (non-hydrogen) atoms. The summed E-state index contributed by atoms with van der Waals surface area (Å²) in [4.78, 5) is 17.9. The highest BCUT2D eigenvalue weighted by Gasteiger charge is 2.19. The third kappa shape index (κ3) is 3.96. The maximum absolute atomic E-state index is 13.1. The number of hydrogen-bond acceptors (Lipinski definition) is 3. The fourth-order valence-corrected chi connectivity index (χ4v) is 4.20. The van der Waals surface area contributed by atoms with Crippen LogP contribution < -0.4 is 5.32 Å². The van der Waals surface area contributed by atoms with Crippen LogP contribution in [0.3, 0.4) is 0 Å². The number of amides is 1. The van der Waals surface area contributed by atoms with Crippen molar-refractivity contribution in [3.05, 3.63) is 63.6 Å². The van der Waals surface area contributed by atoms with Crippen molar-refractivity contribution in [2.75, 3.05) is 13.2 Å². The van der Waals surface area contributed by atoms with Gasteiger partial charge in [-0.25, -0.2) is 4.98 Å². The zero-order valence-electron chi connectivity index (χ0n) is 16.1. The number of carbonyl (C=O) groups excluding carboxylic acids is 1. The van der Waals surface area contributed by atoms with Gasteiger partial charge in [-0.3, -0.25) is 4.79 Å². The number of fused-ring (bicyclic) bond motifs is 1. The average Bonchev–Trinajstić information content (AvgIpc) is 3.20. The molecule has 0 aliphatic carbocycles. The van der Waals surface area contributed by atoms with Gasteiger partial charge in [0.15, 0.2) is 0 Å². The third-order valence-corrected chi connectivity index (χ3v) is 5.63. The van der Waals surface area contributed by atoms with Crippen LogP contribution in [0.25, 0.3) is 22.2 Å². The smallest absolute Gasteiger partial charge is 0.252 e. The highest BCUT2D eigenvalue weighted by atomic mass is 79.9. The van der Waals surface area contributed by atoms with Crippen molar-refractivity contribution in [1.82, 2.24) is 10.3 Å². The van der Waals surface area contributed by atoms with Crippen LogP contribution in [-0.2, 0) is 4.74 Å². The van der Waals surface area contributed by atoms with Gasteiger partial charge in [0.05, 0.1) is 22.9 Å². The second-order valence-corrected chi connectivity index (χ2v) is 8.30. The highest BCUT2D eigenvalue weighted by molar-refractivity contribution is 9.10. The Bertz CT molecular complexity index is 1020. The van der Waals surface area contributed by atoms with E-state index >= 15 is 0 Å². The molecule has 0 spiro atoms. The van der Waals surface area contributed by atoms with Crippen molar-refractivity contribution in [3.8, 4) is 11.3 Å². The summed E-state index contributed by atoms with van der Waals surface area (Å²) in [7, 11) is 0. The second-order valence-electron chi connectivity index (χ2n) is 7.38. The summed E-state index contributed by atoms with van der Waals surface area (Å²) in [6, 6.07) is 14.1. The second kappa shape index (κ2) is 8.02. The average molecular weight is 439 g/mol. The van der Waals surface area contributed by atoms with Crippen molar-refractivity contribution >= 4 is 32.7 Å². The Morgan fingerprint density at radius 2 is 2.00 bits per heavy atom. The Morgan fingerprint density at radius 3 is 2.71 bits per heavy atom. The van der Waals surface area contributed by atoms with Crippen molar-refractivity contribution in [2.45, 2.75) is 32.8 Å². The lowest BCUT2D eigenvalue weighted by atomic mass is 10.0. The number of benzene rings is 2. The van der Waals surface area contributed by atoms with E-state index in [4.69, 9.17) is 9.72 Å². The SMILES string of the molecule is Cc1ccc(-c2cc(C(=O)NCC3CCCO3)c3cc(Br)cc(C)c3n2)cc1. The van der Waals surface area contributed by atoms with Gasteiger partial charge in [-0.2, -0.15) is 0 Å². The van der Waals surface area contributed by atoms with E-state index in [0.717, 1.165) is 51.6 Å². The van der Waals surface area contributed by atoms with E-state index in [-0.39, 0.29) is 12.0 Å². The first kappa shape index (κ1) is 19.1. The van der Waals surface area contributed by atoms with E-state index in [1.807, 2.05) is 37.3 Å². The number of nitrogens with zero attached hydrogens (tertiary/aromatic N) is 1. The minimum absolute atomic E-state index is 0.0891. The predicted molar refractivity (Wildman–Crippen MR) is 116 cm³/mol. The number of aryl methyl sites for hydroxylation is 2. The van der Waals surface area contributed by atoms with E-state index in [1.54, 1.807) is 0 Å². The molecule has 0 saturated carbocycles. The Kier molecular flexibility index (Phi) is 5.47.